The molecule has 0 fully saturated rings. The second-order valence-electron chi connectivity index (χ2n) is 4.78. The van der Waals surface area contributed by atoms with Gasteiger partial charge in [0.15, 0.2) is 0 Å². The Bertz CT molecular complexity index is 331. The molecule has 0 radical (unpaired) electrons. The van der Waals surface area contributed by atoms with Crippen molar-refractivity contribution in [3.63, 3.8) is 0 Å². The van der Waals surface area contributed by atoms with Gasteiger partial charge in [0.05, 0.1) is 6.04 Å². The Morgan fingerprint density at radius 2 is 1.38 bits per heavy atom. The van der Waals surface area contributed by atoms with E-state index >= 15 is 0 Å². The van der Waals surface area contributed by atoms with Crippen LogP contribution in [0.1, 0.15) is 61.0 Å². The van der Waals surface area contributed by atoms with Gasteiger partial charge in [0.1, 0.15) is 5.78 Å². The molecule has 0 aliphatic carbocycles. The molecule has 124 valence electrons. The normalized spacial score (nSPS) is 10.0. The van der Waals surface area contributed by atoms with Gasteiger partial charge >= 0.3 is 0 Å². The van der Waals surface area contributed by atoms with E-state index in [2.05, 4.69) is 20.8 Å². The molecular formula is C18H34ClNO. The molecule has 1 aromatic carbocycles. The SMILES string of the molecule is CC.CC.CC(=O)C(N)Cc1ccc(Cl)cc1.CC(C)C. The topological polar surface area (TPSA) is 43.1 Å². The first-order chi connectivity index (χ1) is 9.82. The van der Waals surface area contributed by atoms with Crippen molar-refractivity contribution in [1.82, 2.24) is 0 Å². The fraction of sp³-hybridized carbons (Fsp3) is 0.611. The van der Waals surface area contributed by atoms with Crippen molar-refractivity contribution in [2.45, 2.75) is 67.9 Å². The van der Waals surface area contributed by atoms with Gasteiger partial charge in [-0.25, -0.2) is 0 Å². The highest BCUT2D eigenvalue weighted by atomic mass is 35.5. The number of benzene rings is 1. The van der Waals surface area contributed by atoms with E-state index in [-0.39, 0.29) is 5.78 Å². The average Bonchev–Trinajstić information content (AvgIpc) is 2.45. The van der Waals surface area contributed by atoms with Gasteiger partial charge in [-0.15, -0.1) is 0 Å². The van der Waals surface area contributed by atoms with Gasteiger partial charge in [-0.3, -0.25) is 4.79 Å². The van der Waals surface area contributed by atoms with E-state index in [9.17, 15) is 4.79 Å². The molecule has 0 amide bonds. The molecule has 0 aromatic heterocycles. The number of nitrogens with two attached hydrogens (primary N) is 1. The minimum absolute atomic E-state index is 0.00921. The first-order valence-electron chi connectivity index (χ1n) is 7.83. The van der Waals surface area contributed by atoms with Crippen molar-refractivity contribution in [1.29, 1.82) is 0 Å². The Kier molecular flexibility index (Phi) is 20.6. The summed E-state index contributed by atoms with van der Waals surface area (Å²) >= 11 is 5.71. The highest BCUT2D eigenvalue weighted by Crippen LogP contribution is 2.10. The lowest BCUT2D eigenvalue weighted by Gasteiger charge is -2.07. The Morgan fingerprint density at radius 1 is 1.05 bits per heavy atom. The van der Waals surface area contributed by atoms with Gasteiger partial charge in [-0.05, 0) is 37.0 Å². The third kappa shape index (κ3) is 19.1. The lowest BCUT2D eigenvalue weighted by atomic mass is 10.0. The number of hydrogen-bond acceptors (Lipinski definition) is 2. The molecule has 1 aromatic rings. The highest BCUT2D eigenvalue weighted by molar-refractivity contribution is 6.30. The van der Waals surface area contributed by atoms with Crippen LogP contribution >= 0.6 is 11.6 Å². The Hall–Kier alpha value is -0.860. The second kappa shape index (κ2) is 17.2. The van der Waals surface area contributed by atoms with Gasteiger partial charge < -0.3 is 5.73 Å². The smallest absolute Gasteiger partial charge is 0.146 e. The van der Waals surface area contributed by atoms with Crippen molar-refractivity contribution in [3.05, 3.63) is 34.9 Å². The molecule has 0 saturated heterocycles. The molecule has 21 heavy (non-hydrogen) atoms. The second-order valence-corrected chi connectivity index (χ2v) is 5.22. The Morgan fingerprint density at radius 3 is 1.67 bits per heavy atom. The third-order valence-corrected chi connectivity index (χ3v) is 2.14. The fourth-order valence-corrected chi connectivity index (χ4v) is 1.14. The first-order valence-corrected chi connectivity index (χ1v) is 8.21. The number of carbonyl (C=O) groups excluding carboxylic acids is 1. The maximum Gasteiger partial charge on any atom is 0.146 e. The summed E-state index contributed by atoms with van der Waals surface area (Å²) in [6, 6.07) is 6.95. The summed E-state index contributed by atoms with van der Waals surface area (Å²) in [5.74, 6) is 0.843. The average molecular weight is 316 g/mol. The zero-order valence-electron chi connectivity index (χ0n) is 15.0. The molecule has 2 N–H and O–H groups in total. The summed E-state index contributed by atoms with van der Waals surface area (Å²) in [4.78, 5) is 10.9. The van der Waals surface area contributed by atoms with Crippen molar-refractivity contribution >= 4 is 17.4 Å². The largest absolute Gasteiger partial charge is 0.321 e. The Labute approximate surface area is 137 Å². The monoisotopic (exact) mass is 315 g/mol. The van der Waals surface area contributed by atoms with Crippen LogP contribution in [0.4, 0.5) is 0 Å². The summed E-state index contributed by atoms with van der Waals surface area (Å²) < 4.78 is 0. The molecule has 1 rings (SSSR count). The molecule has 1 atom stereocenters. The molecule has 0 heterocycles. The summed E-state index contributed by atoms with van der Waals surface area (Å²) in [7, 11) is 0. The molecular weight excluding hydrogens is 282 g/mol. The van der Waals surface area contributed by atoms with Crippen LogP contribution in [0, 0.1) is 5.92 Å². The summed E-state index contributed by atoms with van der Waals surface area (Å²) in [6.45, 7) is 16.0. The molecule has 3 heteroatoms. The molecule has 0 aliphatic rings. The fourth-order valence-electron chi connectivity index (χ4n) is 1.02. The van der Waals surface area contributed by atoms with E-state index in [1.165, 1.54) is 6.92 Å². The summed E-state index contributed by atoms with van der Waals surface area (Å²) in [6.07, 6.45) is 0.576. The van der Waals surface area contributed by atoms with E-state index in [4.69, 9.17) is 17.3 Å². The van der Waals surface area contributed by atoms with Crippen molar-refractivity contribution in [3.8, 4) is 0 Å². The minimum atomic E-state index is -0.402. The van der Waals surface area contributed by atoms with Gasteiger partial charge in [-0.2, -0.15) is 0 Å². The van der Waals surface area contributed by atoms with E-state index in [0.29, 0.717) is 11.4 Å². The van der Waals surface area contributed by atoms with E-state index in [1.807, 2.05) is 39.8 Å². The van der Waals surface area contributed by atoms with Crippen LogP contribution in [0.25, 0.3) is 0 Å². The molecule has 0 spiro atoms. The lowest BCUT2D eigenvalue weighted by Crippen LogP contribution is -2.30. The third-order valence-electron chi connectivity index (χ3n) is 1.89. The van der Waals surface area contributed by atoms with Crippen LogP contribution in [-0.4, -0.2) is 11.8 Å². The molecule has 0 aliphatic heterocycles. The zero-order chi connectivity index (χ0) is 17.4. The number of rotatable bonds is 3. The standard InChI is InChI=1S/C10H12ClNO.C4H10.2C2H6/c1-7(13)10(12)6-8-2-4-9(11)5-3-8;1-4(2)3;2*1-2/h2-5,10H,6,12H2,1H3;4H,1-3H3;2*1-2H3. The van der Waals surface area contributed by atoms with Crippen LogP contribution in [0.2, 0.25) is 5.02 Å². The van der Waals surface area contributed by atoms with Crippen LogP contribution in [0.5, 0.6) is 0 Å². The zero-order valence-corrected chi connectivity index (χ0v) is 15.8. The van der Waals surface area contributed by atoms with Crippen LogP contribution in [-0.2, 0) is 11.2 Å². The highest BCUT2D eigenvalue weighted by Gasteiger charge is 2.08. The quantitative estimate of drug-likeness (QED) is 0.798. The van der Waals surface area contributed by atoms with Crippen molar-refractivity contribution in [2.75, 3.05) is 0 Å². The first kappa shape index (κ1) is 25.1. The van der Waals surface area contributed by atoms with Crippen LogP contribution < -0.4 is 5.73 Å². The van der Waals surface area contributed by atoms with Gasteiger partial charge in [0.25, 0.3) is 0 Å². The predicted octanol–water partition coefficient (Wildman–Crippen LogP) is 5.51. The van der Waals surface area contributed by atoms with Crippen molar-refractivity contribution in [2.24, 2.45) is 11.7 Å². The number of carbonyl (C=O) groups is 1. The maximum absolute atomic E-state index is 10.9. The van der Waals surface area contributed by atoms with Gasteiger partial charge in [-0.1, -0.05) is 72.2 Å². The molecule has 1 unspecified atom stereocenters. The summed E-state index contributed by atoms with van der Waals surface area (Å²) in [5, 5.41) is 0.695. The minimum Gasteiger partial charge on any atom is -0.321 e. The van der Waals surface area contributed by atoms with Gasteiger partial charge in [0, 0.05) is 5.02 Å². The molecule has 2 nitrogen and oxygen atoms in total. The van der Waals surface area contributed by atoms with E-state index in [0.717, 1.165) is 11.5 Å². The molecule has 0 bridgehead atoms. The van der Waals surface area contributed by atoms with E-state index < -0.39 is 6.04 Å². The van der Waals surface area contributed by atoms with Gasteiger partial charge in [0.2, 0.25) is 0 Å². The van der Waals surface area contributed by atoms with Crippen LogP contribution in [0.15, 0.2) is 24.3 Å². The lowest BCUT2D eigenvalue weighted by molar-refractivity contribution is -0.118. The maximum atomic E-state index is 10.9. The van der Waals surface area contributed by atoms with Crippen LogP contribution in [0.3, 0.4) is 0 Å². The number of hydrogen-bond donors (Lipinski definition) is 1. The Balaban J connectivity index is -0.000000343. The summed E-state index contributed by atoms with van der Waals surface area (Å²) in [5.41, 5.74) is 6.64. The molecule has 0 saturated carbocycles. The number of halogens is 1. The number of Topliss-reactive ketones (excluding diaryl/α,β-unsaturated/α-hetero) is 1. The van der Waals surface area contributed by atoms with Crippen molar-refractivity contribution < 1.29 is 4.79 Å². The van der Waals surface area contributed by atoms with E-state index in [1.54, 1.807) is 12.1 Å². The predicted molar refractivity (Wildman–Crippen MR) is 97.0 cm³/mol. The number of ketones is 1.